The number of benzene rings is 10. The molecular formula is C63H47N. The second kappa shape index (κ2) is 14.7. The molecule has 2 aliphatic rings. The zero-order valence-electron chi connectivity index (χ0n) is 36.4. The van der Waals surface area contributed by atoms with Gasteiger partial charge in [0.15, 0.2) is 0 Å². The van der Waals surface area contributed by atoms with Crippen molar-refractivity contribution < 1.29 is 0 Å². The van der Waals surface area contributed by atoms with Crippen molar-refractivity contribution in [3.63, 3.8) is 0 Å². The first-order valence-electron chi connectivity index (χ1n) is 22.5. The van der Waals surface area contributed by atoms with Crippen molar-refractivity contribution in [1.29, 1.82) is 0 Å². The average molecular weight is 818 g/mol. The standard InChI is InChI=1S/C63H47N/c1-42-38-45(51-31-19-23-43-22-13-14-28-50(43)51)39-56(44-20-7-4-8-21-44)61(42)64(48-34-36-54-52-29-15-17-32-57(52)62(2,3)59(54)40-48)49-35-37-55-53-30-16-18-33-58(53)63(60(55)41-49,46-24-9-5-10-25-46)47-26-11-6-12-27-47/h4-41H,1-3H3. The third-order valence-electron chi connectivity index (χ3n) is 14.2. The lowest BCUT2D eigenvalue weighted by atomic mass is 9.67. The molecular weight excluding hydrogens is 771 g/mol. The first-order chi connectivity index (χ1) is 31.4. The van der Waals surface area contributed by atoms with Gasteiger partial charge in [-0.15, -0.1) is 0 Å². The van der Waals surface area contributed by atoms with E-state index in [1.807, 2.05) is 0 Å². The zero-order valence-corrected chi connectivity index (χ0v) is 36.4. The first-order valence-corrected chi connectivity index (χ1v) is 22.5. The van der Waals surface area contributed by atoms with E-state index in [1.54, 1.807) is 0 Å². The molecule has 0 fully saturated rings. The van der Waals surface area contributed by atoms with Gasteiger partial charge in [-0.25, -0.2) is 0 Å². The van der Waals surface area contributed by atoms with Gasteiger partial charge in [-0.3, -0.25) is 0 Å². The lowest BCUT2D eigenvalue weighted by Crippen LogP contribution is -2.28. The van der Waals surface area contributed by atoms with Crippen LogP contribution in [0, 0.1) is 6.92 Å². The molecule has 0 heterocycles. The Balaban J connectivity index is 1.16. The van der Waals surface area contributed by atoms with E-state index in [9.17, 15) is 0 Å². The quantitative estimate of drug-likeness (QED) is 0.155. The van der Waals surface area contributed by atoms with E-state index >= 15 is 0 Å². The van der Waals surface area contributed by atoms with Crippen LogP contribution in [0.2, 0.25) is 0 Å². The molecule has 10 aromatic rings. The highest BCUT2D eigenvalue weighted by Gasteiger charge is 2.46. The summed E-state index contributed by atoms with van der Waals surface area (Å²) >= 11 is 0. The molecule has 0 radical (unpaired) electrons. The Labute approximate surface area is 376 Å². The fourth-order valence-electron chi connectivity index (χ4n) is 11.4. The highest BCUT2D eigenvalue weighted by Crippen LogP contribution is 2.58. The van der Waals surface area contributed by atoms with Gasteiger partial charge in [0.1, 0.15) is 0 Å². The van der Waals surface area contributed by atoms with Crippen molar-refractivity contribution in [2.75, 3.05) is 4.90 Å². The van der Waals surface area contributed by atoms with Crippen molar-refractivity contribution in [2.45, 2.75) is 31.6 Å². The number of hydrogen-bond acceptors (Lipinski definition) is 1. The Morgan fingerprint density at radius 3 is 1.53 bits per heavy atom. The van der Waals surface area contributed by atoms with E-state index in [4.69, 9.17) is 0 Å². The zero-order chi connectivity index (χ0) is 43.0. The van der Waals surface area contributed by atoms with Gasteiger partial charge in [-0.2, -0.15) is 0 Å². The number of anilines is 3. The summed E-state index contributed by atoms with van der Waals surface area (Å²) < 4.78 is 0. The maximum atomic E-state index is 2.56. The minimum Gasteiger partial charge on any atom is -0.310 e. The van der Waals surface area contributed by atoms with Gasteiger partial charge in [0.2, 0.25) is 0 Å². The van der Waals surface area contributed by atoms with Crippen LogP contribution in [0.1, 0.15) is 52.8 Å². The Hall–Kier alpha value is -7.74. The van der Waals surface area contributed by atoms with E-state index in [0.717, 1.165) is 11.4 Å². The smallest absolute Gasteiger partial charge is 0.0714 e. The summed E-state index contributed by atoms with van der Waals surface area (Å²) in [6.07, 6.45) is 0. The van der Waals surface area contributed by atoms with E-state index in [0.29, 0.717) is 0 Å². The first kappa shape index (κ1) is 38.0. The van der Waals surface area contributed by atoms with Crippen molar-refractivity contribution in [3.8, 4) is 44.5 Å². The van der Waals surface area contributed by atoms with E-state index in [2.05, 4.69) is 256 Å². The third-order valence-corrected chi connectivity index (χ3v) is 14.2. The maximum Gasteiger partial charge on any atom is 0.0714 e. The highest BCUT2D eigenvalue weighted by molar-refractivity contribution is 6.01. The summed E-state index contributed by atoms with van der Waals surface area (Å²) in [4.78, 5) is 2.56. The summed E-state index contributed by atoms with van der Waals surface area (Å²) in [7, 11) is 0. The second-order valence-corrected chi connectivity index (χ2v) is 18.1. The van der Waals surface area contributed by atoms with Crippen LogP contribution in [0.15, 0.2) is 231 Å². The molecule has 2 aliphatic carbocycles. The van der Waals surface area contributed by atoms with Crippen LogP contribution >= 0.6 is 0 Å². The van der Waals surface area contributed by atoms with Gasteiger partial charge in [0, 0.05) is 22.4 Å². The summed E-state index contributed by atoms with van der Waals surface area (Å²) in [5.74, 6) is 0. The Bertz CT molecular complexity index is 3370. The molecule has 0 unspecified atom stereocenters. The molecule has 1 nitrogen and oxygen atoms in total. The lowest BCUT2D eigenvalue weighted by Gasteiger charge is -2.35. The van der Waals surface area contributed by atoms with Crippen LogP contribution in [0.4, 0.5) is 17.1 Å². The van der Waals surface area contributed by atoms with Crippen LogP contribution in [-0.4, -0.2) is 0 Å². The number of rotatable bonds is 7. The van der Waals surface area contributed by atoms with Crippen LogP contribution < -0.4 is 4.90 Å². The topological polar surface area (TPSA) is 3.24 Å². The molecule has 0 bridgehead atoms. The predicted molar refractivity (Wildman–Crippen MR) is 269 cm³/mol. The van der Waals surface area contributed by atoms with Gasteiger partial charge in [-0.05, 0) is 132 Å². The molecule has 0 aromatic heterocycles. The Morgan fingerprint density at radius 2 is 0.844 bits per heavy atom. The molecule has 0 saturated heterocycles. The predicted octanol–water partition coefficient (Wildman–Crippen LogP) is 16.6. The molecule has 12 rings (SSSR count). The van der Waals surface area contributed by atoms with Crippen LogP contribution in [0.3, 0.4) is 0 Å². The molecule has 64 heavy (non-hydrogen) atoms. The van der Waals surface area contributed by atoms with Gasteiger partial charge in [0.05, 0.1) is 11.1 Å². The second-order valence-electron chi connectivity index (χ2n) is 18.1. The van der Waals surface area contributed by atoms with Crippen molar-refractivity contribution in [3.05, 3.63) is 269 Å². The summed E-state index contributed by atoms with van der Waals surface area (Å²) in [5, 5.41) is 2.50. The van der Waals surface area contributed by atoms with E-state index in [-0.39, 0.29) is 5.41 Å². The SMILES string of the molecule is Cc1cc(-c2cccc3ccccc23)cc(-c2ccccc2)c1N(c1ccc2c(c1)C(C)(C)c1ccccc1-2)c1ccc2c(c1)C(c1ccccc1)(c1ccccc1)c1ccccc1-2. The molecule has 0 N–H and O–H groups in total. The van der Waals surface area contributed by atoms with Gasteiger partial charge in [-0.1, -0.05) is 208 Å². The van der Waals surface area contributed by atoms with E-state index < -0.39 is 5.41 Å². The fraction of sp³-hybridized carbons (Fsp3) is 0.0794. The van der Waals surface area contributed by atoms with Crippen LogP contribution in [-0.2, 0) is 10.8 Å². The Kier molecular flexibility index (Phi) is 8.71. The van der Waals surface area contributed by atoms with Gasteiger partial charge >= 0.3 is 0 Å². The lowest BCUT2D eigenvalue weighted by molar-refractivity contribution is 0.660. The minimum absolute atomic E-state index is 0.168. The highest BCUT2D eigenvalue weighted by atomic mass is 15.1. The van der Waals surface area contributed by atoms with Gasteiger partial charge < -0.3 is 4.90 Å². The maximum absolute atomic E-state index is 2.56. The number of nitrogens with zero attached hydrogens (tertiary/aromatic N) is 1. The van der Waals surface area contributed by atoms with E-state index in [1.165, 1.54) is 99.9 Å². The molecule has 0 saturated carbocycles. The number of fused-ring (bicyclic) bond motifs is 7. The van der Waals surface area contributed by atoms with Crippen LogP contribution in [0.25, 0.3) is 55.3 Å². The molecule has 1 heteroatoms. The van der Waals surface area contributed by atoms with Crippen molar-refractivity contribution in [1.82, 2.24) is 0 Å². The minimum atomic E-state index is -0.534. The largest absolute Gasteiger partial charge is 0.310 e. The number of aryl methyl sites for hydroxylation is 1. The monoisotopic (exact) mass is 817 g/mol. The molecule has 0 aliphatic heterocycles. The van der Waals surface area contributed by atoms with Crippen molar-refractivity contribution in [2.24, 2.45) is 0 Å². The van der Waals surface area contributed by atoms with Gasteiger partial charge in [0.25, 0.3) is 0 Å². The molecule has 0 atom stereocenters. The Morgan fingerprint density at radius 1 is 0.344 bits per heavy atom. The molecule has 0 amide bonds. The summed E-state index contributed by atoms with van der Waals surface area (Å²) in [6, 6.07) is 86.0. The molecule has 304 valence electrons. The molecule has 0 spiro atoms. The fourth-order valence-corrected chi connectivity index (χ4v) is 11.4. The number of hydrogen-bond donors (Lipinski definition) is 0. The molecule has 10 aromatic carbocycles. The van der Waals surface area contributed by atoms with Crippen molar-refractivity contribution >= 4 is 27.8 Å². The normalized spacial score (nSPS) is 13.8. The van der Waals surface area contributed by atoms with Crippen LogP contribution in [0.5, 0.6) is 0 Å². The third kappa shape index (κ3) is 5.64. The summed E-state index contributed by atoms with van der Waals surface area (Å²) in [6.45, 7) is 7.07. The average Bonchev–Trinajstić information content (AvgIpc) is 3.77. The summed E-state index contributed by atoms with van der Waals surface area (Å²) in [5.41, 5.74) is 21.8.